The Morgan fingerprint density at radius 3 is 2.05 bits per heavy atom. The van der Waals surface area contributed by atoms with Crippen LogP contribution in [0, 0.1) is 17.8 Å². The molecule has 0 atom stereocenters. The van der Waals surface area contributed by atoms with Crippen LogP contribution in [0.15, 0.2) is 11.6 Å². The van der Waals surface area contributed by atoms with Gasteiger partial charge in [-0.05, 0) is 30.6 Å². The van der Waals surface area contributed by atoms with Crippen molar-refractivity contribution in [2.24, 2.45) is 17.8 Å². The van der Waals surface area contributed by atoms with Crippen LogP contribution < -0.4 is 0 Å². The van der Waals surface area contributed by atoms with Crippen molar-refractivity contribution >= 4 is 11.9 Å². The normalized spacial score (nSPS) is 16.9. The van der Waals surface area contributed by atoms with Crippen LogP contribution in [0.1, 0.15) is 59.8 Å². The number of carbonyl (C=O) groups excluding carboxylic acids is 2. The fourth-order valence-corrected chi connectivity index (χ4v) is 2.50. The first-order chi connectivity index (χ1) is 10.4. The molecule has 0 aromatic carbocycles. The van der Waals surface area contributed by atoms with E-state index in [0.29, 0.717) is 18.8 Å². The Kier molecular flexibility index (Phi) is 8.21. The van der Waals surface area contributed by atoms with E-state index in [-0.39, 0.29) is 23.7 Å². The molecule has 22 heavy (non-hydrogen) atoms. The number of hydrogen-bond donors (Lipinski definition) is 0. The van der Waals surface area contributed by atoms with Crippen LogP contribution in [0.25, 0.3) is 0 Å². The molecule has 4 nitrogen and oxygen atoms in total. The van der Waals surface area contributed by atoms with Crippen molar-refractivity contribution in [2.75, 3.05) is 13.2 Å². The summed E-state index contributed by atoms with van der Waals surface area (Å²) in [5.74, 6) is -0.106. The minimum absolute atomic E-state index is 0.125. The second-order valence-electron chi connectivity index (χ2n) is 6.95. The lowest BCUT2D eigenvalue weighted by atomic mass is 9.83. The van der Waals surface area contributed by atoms with Crippen LogP contribution in [0.3, 0.4) is 0 Å². The molecule has 0 spiro atoms. The third kappa shape index (κ3) is 7.10. The molecule has 0 radical (unpaired) electrons. The number of hydrogen-bond acceptors (Lipinski definition) is 4. The van der Waals surface area contributed by atoms with E-state index in [1.165, 1.54) is 12.5 Å². The molecule has 0 aromatic rings. The second kappa shape index (κ2) is 9.65. The molecule has 1 rings (SSSR count). The zero-order valence-electron chi connectivity index (χ0n) is 14.4. The van der Waals surface area contributed by atoms with Crippen molar-refractivity contribution in [3.8, 4) is 0 Å². The molecule has 0 N–H and O–H groups in total. The lowest BCUT2D eigenvalue weighted by Crippen LogP contribution is -2.22. The van der Waals surface area contributed by atoms with Gasteiger partial charge in [0.2, 0.25) is 0 Å². The van der Waals surface area contributed by atoms with E-state index in [1.54, 1.807) is 0 Å². The predicted molar refractivity (Wildman–Crippen MR) is 86.3 cm³/mol. The van der Waals surface area contributed by atoms with Gasteiger partial charge in [0, 0.05) is 11.6 Å². The Labute approximate surface area is 134 Å². The van der Waals surface area contributed by atoms with Gasteiger partial charge in [-0.3, -0.25) is 0 Å². The maximum Gasteiger partial charge on any atom is 0.334 e. The van der Waals surface area contributed by atoms with Crippen molar-refractivity contribution in [1.82, 2.24) is 0 Å². The lowest BCUT2D eigenvalue weighted by molar-refractivity contribution is -0.143. The molecule has 1 aliphatic rings. The number of esters is 2. The van der Waals surface area contributed by atoms with Gasteiger partial charge in [0.15, 0.2) is 0 Å². The van der Waals surface area contributed by atoms with Gasteiger partial charge in [-0.1, -0.05) is 47.0 Å². The Bertz CT molecular complexity index is 390. The molecule has 1 saturated carbocycles. The Hall–Kier alpha value is -1.32. The van der Waals surface area contributed by atoms with E-state index >= 15 is 0 Å². The molecular formula is C18H30O4. The summed E-state index contributed by atoms with van der Waals surface area (Å²) in [6.45, 7) is 8.70. The molecule has 1 aliphatic carbocycles. The maximum absolute atomic E-state index is 12.3. The van der Waals surface area contributed by atoms with E-state index in [0.717, 1.165) is 25.7 Å². The first-order valence-electron chi connectivity index (χ1n) is 8.45. The van der Waals surface area contributed by atoms with Crippen LogP contribution in [0.4, 0.5) is 0 Å². The van der Waals surface area contributed by atoms with Gasteiger partial charge in [-0.25, -0.2) is 9.59 Å². The summed E-state index contributed by atoms with van der Waals surface area (Å²) >= 11 is 0. The summed E-state index contributed by atoms with van der Waals surface area (Å²) in [4.78, 5) is 24.3. The highest BCUT2D eigenvalue weighted by Crippen LogP contribution is 2.30. The maximum atomic E-state index is 12.3. The largest absolute Gasteiger partial charge is 0.462 e. The number of ether oxygens (including phenoxy) is 2. The average molecular weight is 310 g/mol. The van der Waals surface area contributed by atoms with Crippen molar-refractivity contribution in [1.29, 1.82) is 0 Å². The van der Waals surface area contributed by atoms with Crippen molar-refractivity contribution in [3.63, 3.8) is 0 Å². The Morgan fingerprint density at radius 1 is 0.955 bits per heavy atom. The van der Waals surface area contributed by atoms with E-state index in [4.69, 9.17) is 9.47 Å². The van der Waals surface area contributed by atoms with E-state index < -0.39 is 5.97 Å². The van der Waals surface area contributed by atoms with Crippen molar-refractivity contribution in [3.05, 3.63) is 11.6 Å². The SMILES string of the molecule is CC(C)COC(=O)/C=C(\C(=O)OCC(C)C)C1CCCCC1. The zero-order chi connectivity index (χ0) is 16.5. The van der Waals surface area contributed by atoms with E-state index in [9.17, 15) is 9.59 Å². The van der Waals surface area contributed by atoms with Gasteiger partial charge in [0.25, 0.3) is 0 Å². The smallest absolute Gasteiger partial charge is 0.334 e. The molecule has 1 fully saturated rings. The minimum atomic E-state index is -0.434. The fraction of sp³-hybridized carbons (Fsp3) is 0.778. The summed E-state index contributed by atoms with van der Waals surface area (Å²) in [7, 11) is 0. The zero-order valence-corrected chi connectivity index (χ0v) is 14.4. The quantitative estimate of drug-likeness (QED) is 0.529. The summed E-state index contributed by atoms with van der Waals surface area (Å²) in [5, 5.41) is 0. The molecule has 0 bridgehead atoms. The molecule has 0 saturated heterocycles. The van der Waals surface area contributed by atoms with Gasteiger partial charge < -0.3 is 9.47 Å². The highest BCUT2D eigenvalue weighted by Gasteiger charge is 2.25. The second-order valence-corrected chi connectivity index (χ2v) is 6.95. The van der Waals surface area contributed by atoms with Crippen LogP contribution >= 0.6 is 0 Å². The monoisotopic (exact) mass is 310 g/mol. The van der Waals surface area contributed by atoms with Gasteiger partial charge >= 0.3 is 11.9 Å². The van der Waals surface area contributed by atoms with Crippen molar-refractivity contribution in [2.45, 2.75) is 59.8 Å². The van der Waals surface area contributed by atoms with Crippen LogP contribution in [-0.2, 0) is 19.1 Å². The van der Waals surface area contributed by atoms with Crippen molar-refractivity contribution < 1.29 is 19.1 Å². The summed E-state index contributed by atoms with van der Waals surface area (Å²) in [5.41, 5.74) is 0.495. The lowest BCUT2D eigenvalue weighted by Gasteiger charge is -2.23. The van der Waals surface area contributed by atoms with Crippen LogP contribution in [0.5, 0.6) is 0 Å². The summed E-state index contributed by atoms with van der Waals surface area (Å²) < 4.78 is 10.5. The van der Waals surface area contributed by atoms with Gasteiger partial charge in [0.1, 0.15) is 0 Å². The molecular weight excluding hydrogens is 280 g/mol. The standard InChI is InChI=1S/C18H30O4/c1-13(2)11-21-17(19)10-16(15-8-6-5-7-9-15)18(20)22-12-14(3)4/h10,13-15H,5-9,11-12H2,1-4H3/b16-10-. The van der Waals surface area contributed by atoms with Gasteiger partial charge in [-0.2, -0.15) is 0 Å². The minimum Gasteiger partial charge on any atom is -0.462 e. The topological polar surface area (TPSA) is 52.6 Å². The Morgan fingerprint density at radius 2 is 1.50 bits per heavy atom. The first-order valence-corrected chi connectivity index (χ1v) is 8.45. The molecule has 126 valence electrons. The van der Waals surface area contributed by atoms with E-state index in [2.05, 4.69) is 0 Å². The average Bonchev–Trinajstić information content (AvgIpc) is 2.49. The Balaban J connectivity index is 2.75. The summed E-state index contributed by atoms with van der Waals surface area (Å²) in [6, 6.07) is 0. The molecule has 0 aromatic heterocycles. The van der Waals surface area contributed by atoms with Crippen LogP contribution in [-0.4, -0.2) is 25.2 Å². The first kappa shape index (κ1) is 18.7. The molecule has 0 aliphatic heterocycles. The fourth-order valence-electron chi connectivity index (χ4n) is 2.50. The molecule has 0 amide bonds. The highest BCUT2D eigenvalue weighted by atomic mass is 16.5. The highest BCUT2D eigenvalue weighted by molar-refractivity contribution is 5.96. The van der Waals surface area contributed by atoms with Crippen LogP contribution in [0.2, 0.25) is 0 Å². The van der Waals surface area contributed by atoms with Gasteiger partial charge in [-0.15, -0.1) is 0 Å². The number of rotatable bonds is 7. The molecule has 4 heteroatoms. The third-order valence-corrected chi connectivity index (χ3v) is 3.66. The summed E-state index contributed by atoms with van der Waals surface area (Å²) in [6.07, 6.45) is 6.64. The molecule has 0 heterocycles. The molecule has 0 unspecified atom stereocenters. The number of carbonyl (C=O) groups is 2. The van der Waals surface area contributed by atoms with E-state index in [1.807, 2.05) is 27.7 Å². The third-order valence-electron chi connectivity index (χ3n) is 3.66. The predicted octanol–water partition coefficient (Wildman–Crippen LogP) is 3.89. The van der Waals surface area contributed by atoms with Gasteiger partial charge in [0.05, 0.1) is 13.2 Å².